The number of carbonyl (C=O) groups is 3. The van der Waals surface area contributed by atoms with Crippen LogP contribution in [0.1, 0.15) is 15.7 Å². The Morgan fingerprint density at radius 2 is 1.00 bits per heavy atom. The van der Waals surface area contributed by atoms with Gasteiger partial charge in [-0.15, -0.1) is 0 Å². The number of carboxylic acid groups (broad SMARTS) is 3. The van der Waals surface area contributed by atoms with Gasteiger partial charge in [0.25, 0.3) is 0 Å². The van der Waals surface area contributed by atoms with Crippen molar-refractivity contribution in [1.82, 2.24) is 0 Å². The molecule has 0 spiro atoms. The first kappa shape index (κ1) is 43.0. The summed E-state index contributed by atoms with van der Waals surface area (Å²) in [5.41, 5.74) is -2.74. The molecule has 0 aliphatic carbocycles. The molecule has 0 aromatic heterocycles. The van der Waals surface area contributed by atoms with Gasteiger partial charge in [0.05, 0.1) is 12.8 Å². The number of carboxylic acids is 3. The standard InChI is InChI=1S/C6H8O7.Mg.5H2O.2H/c7-3(8)1-6(13,5(11)12)2-4(9)10;;;;;;;;/h13H,1-2H2,(H,7,8)(H,9,10)(H,11,12);;5*1H2;;/q;+2;;;;;;2*-1. The van der Waals surface area contributed by atoms with Crippen LogP contribution in [0.15, 0.2) is 0 Å². The Hall–Kier alpha value is -1.06. The zero-order valence-corrected chi connectivity index (χ0v) is 11.0. The van der Waals surface area contributed by atoms with Gasteiger partial charge in [0.2, 0.25) is 0 Å². The molecule has 0 amide bonds. The van der Waals surface area contributed by atoms with Crippen LogP contribution in [0.4, 0.5) is 0 Å². The number of aliphatic hydroxyl groups is 1. The third-order valence-electron chi connectivity index (χ3n) is 1.29. The Labute approximate surface area is 125 Å². The second-order valence-corrected chi connectivity index (χ2v) is 2.48. The van der Waals surface area contributed by atoms with E-state index in [1.165, 1.54) is 0 Å². The summed E-state index contributed by atoms with van der Waals surface area (Å²) in [6, 6.07) is 0. The van der Waals surface area contributed by atoms with Gasteiger partial charge >= 0.3 is 41.0 Å². The summed E-state index contributed by atoms with van der Waals surface area (Å²) in [5.74, 6) is -5.02. The SMILES string of the molecule is O.O.O.O.O.O=C(O)CC(O)(CC(=O)O)C(=O)O.[H-].[H-].[Mg+2]. The smallest absolute Gasteiger partial charge is 1.00 e. The van der Waals surface area contributed by atoms with Crippen molar-refractivity contribution in [2.24, 2.45) is 0 Å². The van der Waals surface area contributed by atoms with Crippen LogP contribution in [0.2, 0.25) is 0 Å². The van der Waals surface area contributed by atoms with Crippen LogP contribution in [0.3, 0.4) is 0 Å². The van der Waals surface area contributed by atoms with Gasteiger partial charge in [0, 0.05) is 0 Å². The number of aliphatic carboxylic acids is 3. The van der Waals surface area contributed by atoms with Crippen molar-refractivity contribution < 1.29 is 65.0 Å². The molecule has 0 saturated heterocycles. The second kappa shape index (κ2) is 16.9. The molecule has 0 aliphatic heterocycles. The quantitative estimate of drug-likeness (QED) is 0.356. The number of hydrogen-bond donors (Lipinski definition) is 4. The monoisotopic (exact) mass is 308 g/mol. The molecule has 13 heteroatoms. The second-order valence-electron chi connectivity index (χ2n) is 2.48. The van der Waals surface area contributed by atoms with E-state index in [0.717, 1.165) is 0 Å². The summed E-state index contributed by atoms with van der Waals surface area (Å²) < 4.78 is 0. The van der Waals surface area contributed by atoms with E-state index in [1.807, 2.05) is 0 Å². The van der Waals surface area contributed by atoms with Gasteiger partial charge < -0.3 is 50.7 Å². The van der Waals surface area contributed by atoms with Gasteiger partial charge in [-0.25, -0.2) is 4.79 Å². The maximum Gasteiger partial charge on any atom is 2.00 e. The van der Waals surface area contributed by atoms with Crippen molar-refractivity contribution in [2.75, 3.05) is 0 Å². The van der Waals surface area contributed by atoms with Crippen molar-refractivity contribution in [1.29, 1.82) is 0 Å². The first-order valence-electron chi connectivity index (χ1n) is 3.17. The Morgan fingerprint density at radius 1 is 0.789 bits per heavy atom. The molecular weight excluding hydrogens is 288 g/mol. The maximum atomic E-state index is 10.3. The van der Waals surface area contributed by atoms with Gasteiger partial charge in [-0.05, 0) is 0 Å². The fraction of sp³-hybridized carbons (Fsp3) is 0.500. The minimum Gasteiger partial charge on any atom is -1.00 e. The molecule has 0 saturated carbocycles. The average Bonchev–Trinajstić information content (AvgIpc) is 1.82. The molecule has 19 heavy (non-hydrogen) atoms. The Bertz CT molecular complexity index is 246. The zero-order valence-electron chi connectivity index (χ0n) is 11.6. The maximum absolute atomic E-state index is 10.3. The fourth-order valence-electron chi connectivity index (χ4n) is 0.714. The summed E-state index contributed by atoms with van der Waals surface area (Å²) in [5, 5.41) is 33.8. The van der Waals surface area contributed by atoms with E-state index in [0.29, 0.717) is 0 Å². The Kier molecular flexibility index (Phi) is 38.3. The molecule has 0 fully saturated rings. The van der Waals surface area contributed by atoms with E-state index in [-0.39, 0.29) is 53.3 Å². The summed E-state index contributed by atoms with van der Waals surface area (Å²) in [6.45, 7) is 0. The first-order chi connectivity index (χ1) is 5.78. The van der Waals surface area contributed by atoms with Crippen molar-refractivity contribution in [3.63, 3.8) is 0 Å². The van der Waals surface area contributed by atoms with Crippen LogP contribution < -0.4 is 0 Å². The van der Waals surface area contributed by atoms with E-state index < -0.39 is 36.4 Å². The average molecular weight is 309 g/mol. The van der Waals surface area contributed by atoms with Crippen LogP contribution in [0.25, 0.3) is 0 Å². The van der Waals surface area contributed by atoms with Crippen molar-refractivity contribution in [3.8, 4) is 0 Å². The fourth-order valence-corrected chi connectivity index (χ4v) is 0.714. The Morgan fingerprint density at radius 3 is 1.11 bits per heavy atom. The molecule has 0 rings (SSSR count). The van der Waals surface area contributed by atoms with E-state index in [2.05, 4.69) is 0 Å². The normalized spacial score (nSPS) is 7.42. The van der Waals surface area contributed by atoms with E-state index >= 15 is 0 Å². The predicted octanol–water partition coefficient (Wildman–Crippen LogP) is -5.53. The van der Waals surface area contributed by atoms with Gasteiger partial charge in [-0.1, -0.05) is 0 Å². The summed E-state index contributed by atoms with van der Waals surface area (Å²) >= 11 is 0. The first-order valence-corrected chi connectivity index (χ1v) is 3.17. The van der Waals surface area contributed by atoms with Gasteiger partial charge in [0.15, 0.2) is 5.60 Å². The Balaban J connectivity index is -0.0000000257. The summed E-state index contributed by atoms with van der Waals surface area (Å²) in [7, 11) is 0. The minimum atomic E-state index is -2.74. The van der Waals surface area contributed by atoms with Crippen molar-refractivity contribution in [2.45, 2.75) is 18.4 Å². The topological polar surface area (TPSA) is 290 Å². The summed E-state index contributed by atoms with van der Waals surface area (Å²) in [4.78, 5) is 30.5. The van der Waals surface area contributed by atoms with Crippen molar-refractivity contribution >= 4 is 41.0 Å². The zero-order chi connectivity index (χ0) is 10.6. The van der Waals surface area contributed by atoms with Crippen LogP contribution in [-0.2, 0) is 14.4 Å². The van der Waals surface area contributed by atoms with E-state index in [9.17, 15) is 14.4 Å². The predicted molar refractivity (Wildman–Crippen MR) is 63.1 cm³/mol. The van der Waals surface area contributed by atoms with Crippen LogP contribution >= 0.6 is 0 Å². The molecule has 14 N–H and O–H groups in total. The van der Waals surface area contributed by atoms with Gasteiger partial charge in [0.1, 0.15) is 0 Å². The summed E-state index contributed by atoms with van der Waals surface area (Å²) in [6.07, 6.45) is -2.29. The van der Waals surface area contributed by atoms with Gasteiger partial charge in [-0.3, -0.25) is 9.59 Å². The van der Waals surface area contributed by atoms with Crippen LogP contribution in [-0.4, -0.2) is 94.4 Å². The molecule has 0 aliphatic rings. The third kappa shape index (κ3) is 16.9. The molecule has 0 unspecified atom stereocenters. The van der Waals surface area contributed by atoms with Gasteiger partial charge in [-0.2, -0.15) is 0 Å². The molecule has 0 atom stereocenters. The number of hydrogen-bond acceptors (Lipinski definition) is 4. The van der Waals surface area contributed by atoms with Crippen molar-refractivity contribution in [3.05, 3.63) is 0 Å². The molecule has 12 nitrogen and oxygen atoms in total. The molecule has 0 aromatic carbocycles. The third-order valence-corrected chi connectivity index (χ3v) is 1.29. The largest absolute Gasteiger partial charge is 2.00 e. The molecule has 0 radical (unpaired) electrons. The van der Waals surface area contributed by atoms with E-state index in [1.54, 1.807) is 0 Å². The molecule has 118 valence electrons. The molecule has 0 bridgehead atoms. The van der Waals surface area contributed by atoms with Crippen LogP contribution in [0.5, 0.6) is 0 Å². The molecular formula is C6H20MgO12. The number of rotatable bonds is 5. The molecule has 0 heterocycles. The van der Waals surface area contributed by atoms with Crippen LogP contribution in [0, 0.1) is 0 Å². The van der Waals surface area contributed by atoms with E-state index in [4.69, 9.17) is 20.4 Å². The minimum absolute atomic E-state index is 0. The molecule has 0 aromatic rings.